The standard InChI is InChI=1S/C9H18NO4P/c1-4-5-6-14-15(12,13)7-10-9(11)8(2)3/h2,4-7H2,1,3H3,(H,10,11)(H,12,13). The van der Waals surface area contributed by atoms with Gasteiger partial charge in [0.25, 0.3) is 0 Å². The van der Waals surface area contributed by atoms with Crippen LogP contribution in [0.15, 0.2) is 12.2 Å². The summed E-state index contributed by atoms with van der Waals surface area (Å²) in [4.78, 5) is 20.3. The van der Waals surface area contributed by atoms with Crippen LogP contribution in [0.5, 0.6) is 0 Å². The van der Waals surface area contributed by atoms with Crippen LogP contribution in [0.3, 0.4) is 0 Å². The quantitative estimate of drug-likeness (QED) is 0.399. The summed E-state index contributed by atoms with van der Waals surface area (Å²) in [5, 5.41) is 2.27. The van der Waals surface area contributed by atoms with Gasteiger partial charge in [0.1, 0.15) is 6.29 Å². The third-order valence-corrected chi connectivity index (χ3v) is 2.76. The van der Waals surface area contributed by atoms with E-state index < -0.39 is 13.5 Å². The molecule has 0 heterocycles. The molecule has 0 bridgehead atoms. The highest BCUT2D eigenvalue weighted by atomic mass is 31.2. The van der Waals surface area contributed by atoms with Gasteiger partial charge in [-0.15, -0.1) is 0 Å². The zero-order valence-corrected chi connectivity index (χ0v) is 10.0. The molecule has 0 spiro atoms. The van der Waals surface area contributed by atoms with Crippen molar-refractivity contribution in [2.75, 3.05) is 12.9 Å². The lowest BCUT2D eigenvalue weighted by molar-refractivity contribution is -0.117. The van der Waals surface area contributed by atoms with Crippen LogP contribution in [0.2, 0.25) is 0 Å². The third kappa shape index (κ3) is 7.31. The van der Waals surface area contributed by atoms with Gasteiger partial charge in [-0.05, 0) is 13.3 Å². The fourth-order valence-corrected chi connectivity index (χ4v) is 1.57. The molecule has 1 atom stereocenters. The minimum absolute atomic E-state index is 0.229. The number of rotatable bonds is 7. The maximum absolute atomic E-state index is 11.3. The van der Waals surface area contributed by atoms with Crippen molar-refractivity contribution >= 4 is 13.5 Å². The topological polar surface area (TPSA) is 75.6 Å². The first-order valence-corrected chi connectivity index (χ1v) is 6.55. The lowest BCUT2D eigenvalue weighted by atomic mass is 10.3. The Labute approximate surface area is 90.1 Å². The van der Waals surface area contributed by atoms with E-state index in [1.807, 2.05) is 6.92 Å². The Hall–Kier alpha value is -0.640. The highest BCUT2D eigenvalue weighted by Gasteiger charge is 2.19. The molecule has 0 aliphatic rings. The number of carbonyl (C=O) groups is 1. The minimum Gasteiger partial charge on any atom is -0.341 e. The van der Waals surface area contributed by atoms with E-state index in [9.17, 15) is 14.3 Å². The molecule has 1 unspecified atom stereocenters. The summed E-state index contributed by atoms with van der Waals surface area (Å²) in [6.07, 6.45) is 1.24. The van der Waals surface area contributed by atoms with Gasteiger partial charge in [-0.1, -0.05) is 19.9 Å². The smallest absolute Gasteiger partial charge is 0.341 e. The van der Waals surface area contributed by atoms with E-state index >= 15 is 0 Å². The molecule has 0 aliphatic carbocycles. The molecule has 0 rings (SSSR count). The van der Waals surface area contributed by atoms with E-state index in [0.29, 0.717) is 5.57 Å². The van der Waals surface area contributed by atoms with Crippen molar-refractivity contribution in [1.82, 2.24) is 5.32 Å². The summed E-state index contributed by atoms with van der Waals surface area (Å²) in [5.74, 6) is -0.441. The maximum Gasteiger partial charge on any atom is 0.347 e. The second kappa shape index (κ2) is 6.77. The van der Waals surface area contributed by atoms with Gasteiger partial charge in [0.05, 0.1) is 6.61 Å². The number of unbranched alkanes of at least 4 members (excludes halogenated alkanes) is 1. The van der Waals surface area contributed by atoms with Crippen LogP contribution in [0.1, 0.15) is 26.7 Å². The molecule has 15 heavy (non-hydrogen) atoms. The van der Waals surface area contributed by atoms with Gasteiger partial charge in [0.15, 0.2) is 0 Å². The first-order valence-electron chi connectivity index (χ1n) is 4.79. The van der Waals surface area contributed by atoms with Crippen LogP contribution in [0, 0.1) is 0 Å². The summed E-state index contributed by atoms with van der Waals surface area (Å²) < 4.78 is 16.1. The molecule has 0 fully saturated rings. The number of hydrogen-bond donors (Lipinski definition) is 2. The fourth-order valence-electron chi connectivity index (χ4n) is 0.720. The summed E-state index contributed by atoms with van der Waals surface area (Å²) in [5.41, 5.74) is 0.295. The Kier molecular flexibility index (Phi) is 6.48. The van der Waals surface area contributed by atoms with Gasteiger partial charge in [0, 0.05) is 5.57 Å². The van der Waals surface area contributed by atoms with Crippen molar-refractivity contribution in [2.24, 2.45) is 0 Å². The van der Waals surface area contributed by atoms with Gasteiger partial charge in [-0.2, -0.15) is 0 Å². The summed E-state index contributed by atoms with van der Waals surface area (Å²) in [6, 6.07) is 0. The number of hydrogen-bond acceptors (Lipinski definition) is 3. The van der Waals surface area contributed by atoms with Crippen LogP contribution in [0.4, 0.5) is 0 Å². The van der Waals surface area contributed by atoms with Crippen molar-refractivity contribution in [2.45, 2.75) is 26.7 Å². The molecular formula is C9H18NO4P. The average molecular weight is 235 g/mol. The van der Waals surface area contributed by atoms with Crippen LogP contribution in [0.25, 0.3) is 0 Å². The molecule has 0 aromatic heterocycles. The Bertz CT molecular complexity index is 277. The maximum atomic E-state index is 11.3. The monoisotopic (exact) mass is 235 g/mol. The molecule has 0 radical (unpaired) electrons. The van der Waals surface area contributed by atoms with Crippen molar-refractivity contribution in [1.29, 1.82) is 0 Å². The summed E-state index contributed by atoms with van der Waals surface area (Å²) in [7, 11) is -3.69. The van der Waals surface area contributed by atoms with Gasteiger partial charge in [0.2, 0.25) is 5.91 Å². The lowest BCUT2D eigenvalue weighted by Crippen LogP contribution is -2.25. The van der Waals surface area contributed by atoms with E-state index in [2.05, 4.69) is 11.9 Å². The fraction of sp³-hybridized carbons (Fsp3) is 0.667. The molecule has 0 aromatic carbocycles. The second-order valence-corrected chi connectivity index (χ2v) is 5.12. The van der Waals surface area contributed by atoms with Crippen molar-refractivity contribution in [3.63, 3.8) is 0 Å². The van der Waals surface area contributed by atoms with E-state index in [1.165, 1.54) is 6.92 Å². The zero-order valence-electron chi connectivity index (χ0n) is 9.15. The summed E-state index contributed by atoms with van der Waals surface area (Å²) >= 11 is 0. The van der Waals surface area contributed by atoms with Crippen molar-refractivity contribution in [3.05, 3.63) is 12.2 Å². The highest BCUT2D eigenvalue weighted by Crippen LogP contribution is 2.40. The molecule has 6 heteroatoms. The first-order chi connectivity index (χ1) is 6.89. The Balaban J connectivity index is 3.88. The van der Waals surface area contributed by atoms with E-state index in [4.69, 9.17) is 4.52 Å². The third-order valence-electron chi connectivity index (χ3n) is 1.62. The van der Waals surface area contributed by atoms with Gasteiger partial charge < -0.3 is 14.7 Å². The lowest BCUT2D eigenvalue weighted by Gasteiger charge is -2.12. The summed E-state index contributed by atoms with van der Waals surface area (Å²) in [6.45, 7) is 7.11. The van der Waals surface area contributed by atoms with E-state index in [1.54, 1.807) is 0 Å². The minimum atomic E-state index is -3.69. The van der Waals surface area contributed by atoms with E-state index in [-0.39, 0.29) is 12.9 Å². The zero-order chi connectivity index (χ0) is 11.9. The number of amides is 1. The predicted molar refractivity (Wildman–Crippen MR) is 58.5 cm³/mol. The molecular weight excluding hydrogens is 217 g/mol. The molecule has 88 valence electrons. The van der Waals surface area contributed by atoms with Crippen LogP contribution >= 0.6 is 7.60 Å². The van der Waals surface area contributed by atoms with Crippen molar-refractivity contribution in [3.8, 4) is 0 Å². The molecule has 0 aromatic rings. The van der Waals surface area contributed by atoms with Gasteiger partial charge in [-0.3, -0.25) is 9.36 Å². The van der Waals surface area contributed by atoms with Crippen molar-refractivity contribution < 1.29 is 18.8 Å². The van der Waals surface area contributed by atoms with Crippen LogP contribution < -0.4 is 5.32 Å². The largest absolute Gasteiger partial charge is 0.347 e. The predicted octanol–water partition coefficient (Wildman–Crippen LogP) is 1.64. The van der Waals surface area contributed by atoms with E-state index in [0.717, 1.165) is 12.8 Å². The second-order valence-electron chi connectivity index (χ2n) is 3.27. The normalized spacial score (nSPS) is 14.3. The Morgan fingerprint density at radius 1 is 1.60 bits per heavy atom. The molecule has 0 saturated heterocycles. The van der Waals surface area contributed by atoms with Crippen LogP contribution in [-0.4, -0.2) is 23.7 Å². The van der Waals surface area contributed by atoms with Gasteiger partial charge >= 0.3 is 7.60 Å². The first kappa shape index (κ1) is 14.4. The number of nitrogens with one attached hydrogen (secondary N) is 1. The Morgan fingerprint density at radius 3 is 2.67 bits per heavy atom. The average Bonchev–Trinajstić information content (AvgIpc) is 2.14. The molecule has 1 amide bonds. The molecule has 2 N–H and O–H groups in total. The number of carbonyl (C=O) groups excluding carboxylic acids is 1. The molecule has 0 saturated carbocycles. The SMILES string of the molecule is C=C(C)C(=O)NCP(=O)(O)OCCCC. The Morgan fingerprint density at radius 2 is 2.20 bits per heavy atom. The van der Waals surface area contributed by atoms with Gasteiger partial charge in [-0.25, -0.2) is 0 Å². The highest BCUT2D eigenvalue weighted by molar-refractivity contribution is 7.52. The molecule has 0 aliphatic heterocycles. The molecule has 5 nitrogen and oxygen atoms in total. The van der Waals surface area contributed by atoms with Crippen LogP contribution in [-0.2, 0) is 13.9 Å².